The van der Waals surface area contributed by atoms with Crippen LogP contribution in [0.25, 0.3) is 0 Å². The van der Waals surface area contributed by atoms with E-state index in [1.54, 1.807) is 0 Å². The SMILES string of the molecule is CCc1ccc(CC2(O)CCCNC2)cc1. The Morgan fingerprint density at radius 3 is 2.50 bits per heavy atom. The van der Waals surface area contributed by atoms with Crippen LogP contribution in [0.5, 0.6) is 0 Å². The van der Waals surface area contributed by atoms with Crippen molar-refractivity contribution in [3.05, 3.63) is 35.4 Å². The van der Waals surface area contributed by atoms with Gasteiger partial charge in [-0.15, -0.1) is 0 Å². The Morgan fingerprint density at radius 1 is 1.25 bits per heavy atom. The summed E-state index contributed by atoms with van der Waals surface area (Å²) in [4.78, 5) is 0. The molecule has 0 aromatic heterocycles. The van der Waals surface area contributed by atoms with E-state index in [0.717, 1.165) is 38.8 Å². The monoisotopic (exact) mass is 219 g/mol. The second kappa shape index (κ2) is 4.98. The van der Waals surface area contributed by atoms with E-state index < -0.39 is 5.60 Å². The topological polar surface area (TPSA) is 32.3 Å². The summed E-state index contributed by atoms with van der Waals surface area (Å²) in [6.07, 6.45) is 3.83. The maximum Gasteiger partial charge on any atom is 0.0812 e. The summed E-state index contributed by atoms with van der Waals surface area (Å²) in [6.45, 7) is 3.92. The van der Waals surface area contributed by atoms with Crippen LogP contribution >= 0.6 is 0 Å². The van der Waals surface area contributed by atoms with E-state index in [4.69, 9.17) is 0 Å². The third-order valence-corrected chi connectivity index (χ3v) is 3.41. The Bertz CT molecular complexity index is 325. The van der Waals surface area contributed by atoms with Crippen molar-refractivity contribution in [1.82, 2.24) is 5.32 Å². The van der Waals surface area contributed by atoms with Gasteiger partial charge in [-0.05, 0) is 36.9 Å². The zero-order chi connectivity index (χ0) is 11.4. The molecule has 1 heterocycles. The number of hydrogen-bond donors (Lipinski definition) is 2. The Labute approximate surface area is 97.7 Å². The molecule has 2 N–H and O–H groups in total. The Morgan fingerprint density at radius 2 is 1.94 bits per heavy atom. The van der Waals surface area contributed by atoms with Crippen molar-refractivity contribution in [2.75, 3.05) is 13.1 Å². The molecule has 88 valence electrons. The predicted octanol–water partition coefficient (Wildman–Crippen LogP) is 1.91. The van der Waals surface area contributed by atoms with E-state index in [9.17, 15) is 5.11 Å². The van der Waals surface area contributed by atoms with Crippen LogP contribution in [0.1, 0.15) is 30.9 Å². The lowest BCUT2D eigenvalue weighted by Crippen LogP contribution is -2.47. The number of hydrogen-bond acceptors (Lipinski definition) is 2. The van der Waals surface area contributed by atoms with Gasteiger partial charge in [-0.2, -0.15) is 0 Å². The molecule has 0 saturated carbocycles. The minimum Gasteiger partial charge on any atom is -0.388 e. The zero-order valence-corrected chi connectivity index (χ0v) is 10.00. The molecule has 2 nitrogen and oxygen atoms in total. The summed E-state index contributed by atoms with van der Waals surface area (Å²) in [5.74, 6) is 0. The van der Waals surface area contributed by atoms with Gasteiger partial charge in [0.25, 0.3) is 0 Å². The summed E-state index contributed by atoms with van der Waals surface area (Å²) in [5, 5.41) is 13.7. The lowest BCUT2D eigenvalue weighted by Gasteiger charge is -2.32. The fourth-order valence-electron chi connectivity index (χ4n) is 2.38. The first-order chi connectivity index (χ1) is 7.72. The van der Waals surface area contributed by atoms with Gasteiger partial charge in [0.15, 0.2) is 0 Å². The van der Waals surface area contributed by atoms with Crippen LogP contribution in [-0.4, -0.2) is 23.8 Å². The minimum atomic E-state index is -0.536. The fraction of sp³-hybridized carbons (Fsp3) is 0.571. The average Bonchev–Trinajstić information content (AvgIpc) is 2.30. The first-order valence-electron chi connectivity index (χ1n) is 6.23. The van der Waals surface area contributed by atoms with Crippen LogP contribution in [-0.2, 0) is 12.8 Å². The molecule has 2 heteroatoms. The number of aryl methyl sites for hydroxylation is 1. The quantitative estimate of drug-likeness (QED) is 0.814. The first kappa shape index (κ1) is 11.6. The molecule has 1 aromatic rings. The highest BCUT2D eigenvalue weighted by Crippen LogP contribution is 2.21. The normalized spacial score (nSPS) is 25.6. The lowest BCUT2D eigenvalue weighted by atomic mass is 9.87. The second-order valence-electron chi connectivity index (χ2n) is 4.85. The van der Waals surface area contributed by atoms with E-state index in [-0.39, 0.29) is 0 Å². The molecule has 1 aromatic carbocycles. The first-order valence-corrected chi connectivity index (χ1v) is 6.23. The molecule has 0 aliphatic carbocycles. The maximum atomic E-state index is 10.4. The molecule has 1 aliphatic rings. The second-order valence-corrected chi connectivity index (χ2v) is 4.85. The van der Waals surface area contributed by atoms with Crippen molar-refractivity contribution in [2.45, 2.75) is 38.2 Å². The summed E-state index contributed by atoms with van der Waals surface area (Å²) < 4.78 is 0. The average molecular weight is 219 g/mol. The van der Waals surface area contributed by atoms with Crippen LogP contribution < -0.4 is 5.32 Å². The van der Waals surface area contributed by atoms with E-state index >= 15 is 0 Å². The largest absolute Gasteiger partial charge is 0.388 e. The van der Waals surface area contributed by atoms with Crippen LogP contribution in [0.3, 0.4) is 0 Å². The maximum absolute atomic E-state index is 10.4. The van der Waals surface area contributed by atoms with Crippen molar-refractivity contribution in [3.63, 3.8) is 0 Å². The van der Waals surface area contributed by atoms with Gasteiger partial charge >= 0.3 is 0 Å². The zero-order valence-electron chi connectivity index (χ0n) is 10.00. The van der Waals surface area contributed by atoms with Crippen LogP contribution in [0.4, 0.5) is 0 Å². The van der Waals surface area contributed by atoms with Crippen LogP contribution in [0, 0.1) is 0 Å². The molecular formula is C14H21NO. The molecule has 2 rings (SSSR count). The van der Waals surface area contributed by atoms with Crippen LogP contribution in [0.15, 0.2) is 24.3 Å². The summed E-state index contributed by atoms with van der Waals surface area (Å²) >= 11 is 0. The summed E-state index contributed by atoms with van der Waals surface area (Å²) in [6, 6.07) is 8.61. The van der Waals surface area contributed by atoms with Gasteiger partial charge in [-0.1, -0.05) is 31.2 Å². The molecular weight excluding hydrogens is 198 g/mol. The van der Waals surface area contributed by atoms with Crippen molar-refractivity contribution in [2.24, 2.45) is 0 Å². The smallest absolute Gasteiger partial charge is 0.0812 e. The van der Waals surface area contributed by atoms with E-state index in [1.165, 1.54) is 11.1 Å². The number of piperidine rings is 1. The number of aliphatic hydroxyl groups is 1. The van der Waals surface area contributed by atoms with Crippen LogP contribution in [0.2, 0.25) is 0 Å². The molecule has 1 unspecified atom stereocenters. The highest BCUT2D eigenvalue weighted by atomic mass is 16.3. The number of rotatable bonds is 3. The molecule has 1 aliphatic heterocycles. The lowest BCUT2D eigenvalue weighted by molar-refractivity contribution is 0.0169. The fourth-order valence-corrected chi connectivity index (χ4v) is 2.38. The molecule has 0 bridgehead atoms. The van der Waals surface area contributed by atoms with E-state index in [0.29, 0.717) is 0 Å². The van der Waals surface area contributed by atoms with Gasteiger partial charge < -0.3 is 10.4 Å². The molecule has 0 spiro atoms. The summed E-state index contributed by atoms with van der Waals surface area (Å²) in [7, 11) is 0. The third kappa shape index (κ3) is 2.83. The summed E-state index contributed by atoms with van der Waals surface area (Å²) in [5.41, 5.74) is 2.06. The molecule has 0 amide bonds. The number of benzene rings is 1. The van der Waals surface area contributed by atoms with Gasteiger partial charge in [-0.3, -0.25) is 0 Å². The van der Waals surface area contributed by atoms with Gasteiger partial charge in [0, 0.05) is 13.0 Å². The molecule has 1 saturated heterocycles. The van der Waals surface area contributed by atoms with Gasteiger partial charge in [-0.25, -0.2) is 0 Å². The highest BCUT2D eigenvalue weighted by Gasteiger charge is 2.28. The van der Waals surface area contributed by atoms with Crippen molar-refractivity contribution in [3.8, 4) is 0 Å². The molecule has 0 radical (unpaired) electrons. The van der Waals surface area contributed by atoms with Crippen molar-refractivity contribution >= 4 is 0 Å². The van der Waals surface area contributed by atoms with Crippen molar-refractivity contribution in [1.29, 1.82) is 0 Å². The predicted molar refractivity (Wildman–Crippen MR) is 66.6 cm³/mol. The van der Waals surface area contributed by atoms with Gasteiger partial charge in [0.05, 0.1) is 5.60 Å². The standard InChI is InChI=1S/C14H21NO/c1-2-12-4-6-13(7-5-12)10-14(16)8-3-9-15-11-14/h4-7,15-16H,2-3,8-11H2,1H3. The molecule has 1 atom stereocenters. The molecule has 1 fully saturated rings. The Balaban J connectivity index is 2.01. The highest BCUT2D eigenvalue weighted by molar-refractivity contribution is 5.24. The Hall–Kier alpha value is -0.860. The van der Waals surface area contributed by atoms with Gasteiger partial charge in [0.1, 0.15) is 0 Å². The third-order valence-electron chi connectivity index (χ3n) is 3.41. The van der Waals surface area contributed by atoms with E-state index in [1.807, 2.05) is 0 Å². The van der Waals surface area contributed by atoms with E-state index in [2.05, 4.69) is 36.5 Å². The van der Waals surface area contributed by atoms with Gasteiger partial charge in [0.2, 0.25) is 0 Å². The number of β-amino-alcohol motifs (C(OH)–C–C–N with tert-alkyl or cyclic N) is 1. The van der Waals surface area contributed by atoms with Crippen molar-refractivity contribution < 1.29 is 5.11 Å². The number of nitrogens with one attached hydrogen (secondary N) is 1. The Kier molecular flexibility index (Phi) is 3.62. The minimum absolute atomic E-state index is 0.536. The molecule has 16 heavy (non-hydrogen) atoms.